The van der Waals surface area contributed by atoms with Crippen LogP contribution in [0.4, 0.5) is 5.13 Å². The van der Waals surface area contributed by atoms with Crippen molar-refractivity contribution in [3.8, 4) is 5.75 Å². The lowest BCUT2D eigenvalue weighted by molar-refractivity contribution is -0.118. The van der Waals surface area contributed by atoms with Gasteiger partial charge in [-0.05, 0) is 43.5 Å². The molecule has 2 aromatic rings. The minimum atomic E-state index is -0.240. The number of hydrogen-bond donors (Lipinski definition) is 1. The molecule has 2 rings (SSSR count). The fraction of sp³-hybridized carbons (Fsp3) is 0.357. The number of hydrogen-bond acceptors (Lipinski definition) is 5. The number of carbonyl (C=O) groups is 1. The first-order valence-electron chi connectivity index (χ1n) is 6.51. The van der Waals surface area contributed by atoms with Gasteiger partial charge in [0.05, 0.1) is 0 Å². The highest BCUT2D eigenvalue weighted by atomic mass is 79.9. The molecule has 0 saturated heterocycles. The molecular formula is C14H16BrN3O2S. The van der Waals surface area contributed by atoms with E-state index in [9.17, 15) is 4.79 Å². The summed E-state index contributed by atoms with van der Waals surface area (Å²) in [7, 11) is 0. The molecule has 0 spiro atoms. The van der Waals surface area contributed by atoms with E-state index in [0.29, 0.717) is 5.13 Å². The second kappa shape index (κ2) is 7.00. The van der Waals surface area contributed by atoms with Crippen LogP contribution in [0, 0.1) is 13.8 Å². The maximum Gasteiger partial charge on any atom is 0.264 e. The van der Waals surface area contributed by atoms with Crippen molar-refractivity contribution in [2.75, 3.05) is 11.9 Å². The van der Waals surface area contributed by atoms with Crippen molar-refractivity contribution in [1.29, 1.82) is 0 Å². The third kappa shape index (κ3) is 4.25. The molecule has 0 saturated carbocycles. The predicted molar refractivity (Wildman–Crippen MR) is 87.0 cm³/mol. The van der Waals surface area contributed by atoms with Crippen molar-refractivity contribution >= 4 is 38.3 Å². The Morgan fingerprint density at radius 3 is 2.57 bits per heavy atom. The van der Waals surface area contributed by atoms with Crippen molar-refractivity contribution < 1.29 is 9.53 Å². The van der Waals surface area contributed by atoms with Crippen molar-refractivity contribution in [3.63, 3.8) is 0 Å². The molecule has 0 radical (unpaired) electrons. The van der Waals surface area contributed by atoms with Gasteiger partial charge < -0.3 is 4.74 Å². The van der Waals surface area contributed by atoms with Crippen LogP contribution in [0.1, 0.15) is 23.1 Å². The number of benzene rings is 1. The van der Waals surface area contributed by atoms with Crippen molar-refractivity contribution in [2.24, 2.45) is 0 Å². The molecule has 7 heteroatoms. The Labute approximate surface area is 135 Å². The van der Waals surface area contributed by atoms with Crippen LogP contribution in [-0.4, -0.2) is 22.7 Å². The number of halogens is 1. The zero-order valence-corrected chi connectivity index (χ0v) is 14.5. The SMILES string of the molecule is CCc1nnc(NC(=O)COc2c(C)cc(Br)cc2C)s1. The Balaban J connectivity index is 1.95. The summed E-state index contributed by atoms with van der Waals surface area (Å²) < 4.78 is 6.61. The minimum Gasteiger partial charge on any atom is -0.483 e. The summed E-state index contributed by atoms with van der Waals surface area (Å²) >= 11 is 4.81. The van der Waals surface area contributed by atoms with E-state index in [4.69, 9.17) is 4.74 Å². The summed E-state index contributed by atoms with van der Waals surface area (Å²) in [6.07, 6.45) is 0.807. The zero-order valence-electron chi connectivity index (χ0n) is 12.1. The highest BCUT2D eigenvalue weighted by Crippen LogP contribution is 2.27. The molecule has 112 valence electrons. The molecule has 0 aliphatic heterocycles. The van der Waals surface area contributed by atoms with E-state index in [0.717, 1.165) is 32.8 Å². The second-order valence-corrected chi connectivity index (χ2v) is 6.54. The Morgan fingerprint density at radius 1 is 1.33 bits per heavy atom. The molecule has 1 N–H and O–H groups in total. The zero-order chi connectivity index (χ0) is 15.4. The molecule has 1 aromatic heterocycles. The summed E-state index contributed by atoms with van der Waals surface area (Å²) in [6.45, 7) is 5.84. The van der Waals surface area contributed by atoms with Crippen molar-refractivity contribution in [1.82, 2.24) is 10.2 Å². The third-order valence-electron chi connectivity index (χ3n) is 2.79. The molecule has 0 unspecified atom stereocenters. The van der Waals surface area contributed by atoms with E-state index in [1.54, 1.807) is 0 Å². The largest absolute Gasteiger partial charge is 0.483 e. The van der Waals surface area contributed by atoms with Crippen LogP contribution in [0.25, 0.3) is 0 Å². The van der Waals surface area contributed by atoms with Gasteiger partial charge in [-0.1, -0.05) is 34.2 Å². The first-order chi connectivity index (χ1) is 9.99. The van der Waals surface area contributed by atoms with Crippen molar-refractivity contribution in [2.45, 2.75) is 27.2 Å². The minimum absolute atomic E-state index is 0.0512. The van der Waals surface area contributed by atoms with E-state index in [1.807, 2.05) is 32.9 Å². The number of aromatic nitrogens is 2. The van der Waals surface area contributed by atoms with Gasteiger partial charge in [0.1, 0.15) is 10.8 Å². The lowest BCUT2D eigenvalue weighted by Gasteiger charge is -2.12. The van der Waals surface area contributed by atoms with Gasteiger partial charge in [0.25, 0.3) is 5.91 Å². The molecule has 0 fully saturated rings. The maximum absolute atomic E-state index is 11.9. The van der Waals surface area contributed by atoms with E-state index in [-0.39, 0.29) is 12.5 Å². The van der Waals surface area contributed by atoms with E-state index in [1.165, 1.54) is 11.3 Å². The first-order valence-corrected chi connectivity index (χ1v) is 8.12. The van der Waals surface area contributed by atoms with Crippen LogP contribution in [-0.2, 0) is 11.2 Å². The van der Waals surface area contributed by atoms with Crippen LogP contribution in [0.2, 0.25) is 0 Å². The summed E-state index contributed by atoms with van der Waals surface area (Å²) in [6, 6.07) is 3.91. The van der Waals surface area contributed by atoms with Gasteiger partial charge in [-0.2, -0.15) is 0 Å². The quantitative estimate of drug-likeness (QED) is 0.875. The smallest absolute Gasteiger partial charge is 0.264 e. The van der Waals surface area contributed by atoms with E-state index in [2.05, 4.69) is 31.4 Å². The van der Waals surface area contributed by atoms with Gasteiger partial charge in [0.15, 0.2) is 6.61 Å². The Kier molecular flexibility index (Phi) is 5.30. The van der Waals surface area contributed by atoms with Gasteiger partial charge in [0.2, 0.25) is 5.13 Å². The molecule has 0 bridgehead atoms. The fourth-order valence-electron chi connectivity index (χ4n) is 1.87. The van der Waals surface area contributed by atoms with Gasteiger partial charge in [-0.15, -0.1) is 10.2 Å². The molecule has 0 atom stereocenters. The number of rotatable bonds is 5. The standard InChI is InChI=1S/C14H16BrN3O2S/c1-4-12-17-18-14(21-12)16-11(19)7-20-13-8(2)5-10(15)6-9(13)3/h5-6H,4,7H2,1-3H3,(H,16,18,19). The Morgan fingerprint density at radius 2 is 2.00 bits per heavy atom. The van der Waals surface area contributed by atoms with Crippen molar-refractivity contribution in [3.05, 3.63) is 32.7 Å². The van der Waals surface area contributed by atoms with Crippen LogP contribution in [0.3, 0.4) is 0 Å². The monoisotopic (exact) mass is 369 g/mol. The molecule has 21 heavy (non-hydrogen) atoms. The van der Waals surface area contributed by atoms with Crippen LogP contribution in [0.5, 0.6) is 5.75 Å². The molecule has 0 aliphatic carbocycles. The van der Waals surface area contributed by atoms with Gasteiger partial charge in [0, 0.05) is 4.47 Å². The third-order valence-corrected chi connectivity index (χ3v) is 4.23. The number of aryl methyl sites for hydroxylation is 3. The van der Waals surface area contributed by atoms with E-state index >= 15 is 0 Å². The van der Waals surface area contributed by atoms with Crippen LogP contribution in [0.15, 0.2) is 16.6 Å². The van der Waals surface area contributed by atoms with Gasteiger partial charge in [-0.25, -0.2) is 0 Å². The molecule has 1 heterocycles. The molecule has 5 nitrogen and oxygen atoms in total. The number of carbonyl (C=O) groups excluding carboxylic acids is 1. The lowest BCUT2D eigenvalue weighted by atomic mass is 10.1. The summed E-state index contributed by atoms with van der Waals surface area (Å²) in [5.74, 6) is 0.496. The highest BCUT2D eigenvalue weighted by Gasteiger charge is 2.11. The average molecular weight is 370 g/mol. The molecule has 1 aromatic carbocycles. The number of nitrogens with one attached hydrogen (secondary N) is 1. The number of anilines is 1. The predicted octanol–water partition coefficient (Wildman–Crippen LogP) is 3.50. The van der Waals surface area contributed by atoms with Gasteiger partial charge >= 0.3 is 0 Å². The second-order valence-electron chi connectivity index (χ2n) is 4.56. The Hall–Kier alpha value is -1.47. The van der Waals surface area contributed by atoms with Crippen LogP contribution >= 0.6 is 27.3 Å². The number of amides is 1. The normalized spacial score (nSPS) is 10.5. The molecule has 0 aliphatic rings. The fourth-order valence-corrected chi connectivity index (χ4v) is 3.25. The first kappa shape index (κ1) is 15.9. The van der Waals surface area contributed by atoms with Gasteiger partial charge in [-0.3, -0.25) is 10.1 Å². The Bertz CT molecular complexity index is 634. The van der Waals surface area contributed by atoms with Crippen LogP contribution < -0.4 is 10.1 Å². The number of nitrogens with zero attached hydrogens (tertiary/aromatic N) is 2. The van der Waals surface area contributed by atoms with E-state index < -0.39 is 0 Å². The molecular weight excluding hydrogens is 354 g/mol. The summed E-state index contributed by atoms with van der Waals surface area (Å²) in [5.41, 5.74) is 1.97. The summed E-state index contributed by atoms with van der Waals surface area (Å²) in [4.78, 5) is 11.9. The number of ether oxygens (including phenoxy) is 1. The average Bonchev–Trinajstić information content (AvgIpc) is 2.85. The maximum atomic E-state index is 11.9. The summed E-state index contributed by atoms with van der Waals surface area (Å²) in [5, 5.41) is 11.9. The highest BCUT2D eigenvalue weighted by molar-refractivity contribution is 9.10. The lowest BCUT2D eigenvalue weighted by Crippen LogP contribution is -2.20. The molecule has 1 amide bonds. The topological polar surface area (TPSA) is 64.1 Å².